The SMILES string of the molecule is COc1cccc(N2CC[C@H](CCCC(N)=O)C2)c1. The van der Waals surface area contributed by atoms with E-state index in [2.05, 4.69) is 17.0 Å². The molecule has 0 aliphatic carbocycles. The third-order valence-electron chi connectivity index (χ3n) is 3.74. The molecule has 1 saturated heterocycles. The Hall–Kier alpha value is -1.71. The minimum atomic E-state index is -0.192. The number of nitrogens with zero attached hydrogens (tertiary/aromatic N) is 1. The summed E-state index contributed by atoms with van der Waals surface area (Å²) in [7, 11) is 1.69. The summed E-state index contributed by atoms with van der Waals surface area (Å²) in [6, 6.07) is 8.18. The van der Waals surface area contributed by atoms with Gasteiger partial charge in [0.25, 0.3) is 0 Å². The van der Waals surface area contributed by atoms with Crippen molar-refractivity contribution in [2.24, 2.45) is 11.7 Å². The second-order valence-electron chi connectivity index (χ2n) is 5.16. The lowest BCUT2D eigenvalue weighted by Gasteiger charge is -2.19. The van der Waals surface area contributed by atoms with E-state index >= 15 is 0 Å². The predicted octanol–water partition coefficient (Wildman–Crippen LogP) is 2.18. The lowest BCUT2D eigenvalue weighted by Crippen LogP contribution is -2.19. The number of methoxy groups -OCH3 is 1. The molecule has 19 heavy (non-hydrogen) atoms. The average molecular weight is 262 g/mol. The molecule has 1 aliphatic rings. The van der Waals surface area contributed by atoms with Crippen LogP contribution in [0.25, 0.3) is 0 Å². The van der Waals surface area contributed by atoms with Gasteiger partial charge < -0.3 is 15.4 Å². The smallest absolute Gasteiger partial charge is 0.217 e. The van der Waals surface area contributed by atoms with Gasteiger partial charge in [0, 0.05) is 31.3 Å². The molecule has 2 rings (SSSR count). The number of primary amides is 1. The highest BCUT2D eigenvalue weighted by Crippen LogP contribution is 2.28. The number of nitrogens with two attached hydrogens (primary N) is 1. The Morgan fingerprint density at radius 2 is 2.37 bits per heavy atom. The van der Waals surface area contributed by atoms with Crippen LogP contribution in [0.4, 0.5) is 5.69 Å². The molecule has 1 amide bonds. The molecule has 1 heterocycles. The van der Waals surface area contributed by atoms with Gasteiger partial charge in [-0.15, -0.1) is 0 Å². The Kier molecular flexibility index (Phi) is 4.66. The fourth-order valence-electron chi connectivity index (χ4n) is 2.67. The van der Waals surface area contributed by atoms with Gasteiger partial charge in [-0.05, 0) is 37.3 Å². The van der Waals surface area contributed by atoms with Gasteiger partial charge in [-0.2, -0.15) is 0 Å². The molecule has 1 atom stereocenters. The molecule has 0 bridgehead atoms. The molecule has 2 N–H and O–H groups in total. The summed E-state index contributed by atoms with van der Waals surface area (Å²) in [5.41, 5.74) is 6.38. The van der Waals surface area contributed by atoms with Crippen LogP contribution in [-0.2, 0) is 4.79 Å². The van der Waals surface area contributed by atoms with Crippen molar-refractivity contribution in [3.05, 3.63) is 24.3 Å². The third-order valence-corrected chi connectivity index (χ3v) is 3.74. The third kappa shape index (κ3) is 3.88. The lowest BCUT2D eigenvalue weighted by atomic mass is 10.0. The average Bonchev–Trinajstić information content (AvgIpc) is 2.87. The summed E-state index contributed by atoms with van der Waals surface area (Å²) in [4.78, 5) is 13.1. The topological polar surface area (TPSA) is 55.6 Å². The molecule has 1 aliphatic heterocycles. The molecule has 1 aromatic rings. The molecule has 4 nitrogen and oxygen atoms in total. The Balaban J connectivity index is 1.85. The van der Waals surface area contributed by atoms with Crippen LogP contribution in [0.2, 0.25) is 0 Å². The number of hydrogen-bond donors (Lipinski definition) is 1. The first-order valence-electron chi connectivity index (χ1n) is 6.86. The maximum absolute atomic E-state index is 10.7. The van der Waals surface area contributed by atoms with Crippen molar-refractivity contribution in [1.29, 1.82) is 0 Å². The maximum Gasteiger partial charge on any atom is 0.217 e. The summed E-state index contributed by atoms with van der Waals surface area (Å²) in [5, 5.41) is 0. The summed E-state index contributed by atoms with van der Waals surface area (Å²) < 4.78 is 5.25. The van der Waals surface area contributed by atoms with Gasteiger partial charge in [-0.25, -0.2) is 0 Å². The van der Waals surface area contributed by atoms with Gasteiger partial charge in [0.1, 0.15) is 5.75 Å². The van der Waals surface area contributed by atoms with Crippen molar-refractivity contribution in [2.45, 2.75) is 25.7 Å². The monoisotopic (exact) mass is 262 g/mol. The number of ether oxygens (including phenoxy) is 1. The van der Waals surface area contributed by atoms with Crippen LogP contribution in [-0.4, -0.2) is 26.1 Å². The van der Waals surface area contributed by atoms with Gasteiger partial charge in [-0.1, -0.05) is 6.07 Å². The summed E-state index contributed by atoms with van der Waals surface area (Å²) in [6.07, 6.45) is 3.70. The second kappa shape index (κ2) is 6.45. The number of hydrogen-bond acceptors (Lipinski definition) is 3. The van der Waals surface area contributed by atoms with Crippen molar-refractivity contribution in [3.63, 3.8) is 0 Å². The van der Waals surface area contributed by atoms with E-state index in [4.69, 9.17) is 10.5 Å². The zero-order chi connectivity index (χ0) is 13.7. The molecule has 0 radical (unpaired) electrons. The van der Waals surface area contributed by atoms with Crippen molar-refractivity contribution in [3.8, 4) is 5.75 Å². The molecule has 4 heteroatoms. The largest absolute Gasteiger partial charge is 0.497 e. The molecule has 0 spiro atoms. The number of amides is 1. The molecule has 1 aromatic carbocycles. The Morgan fingerprint density at radius 3 is 3.11 bits per heavy atom. The van der Waals surface area contributed by atoms with Crippen molar-refractivity contribution < 1.29 is 9.53 Å². The van der Waals surface area contributed by atoms with Crippen molar-refractivity contribution in [2.75, 3.05) is 25.1 Å². The fraction of sp³-hybridized carbons (Fsp3) is 0.533. The highest BCUT2D eigenvalue weighted by Gasteiger charge is 2.22. The minimum Gasteiger partial charge on any atom is -0.497 e. The molecular weight excluding hydrogens is 240 g/mol. The predicted molar refractivity (Wildman–Crippen MR) is 76.4 cm³/mol. The summed E-state index contributed by atoms with van der Waals surface area (Å²) in [5.74, 6) is 1.38. The Bertz CT molecular complexity index is 434. The van der Waals surface area contributed by atoms with Gasteiger partial charge >= 0.3 is 0 Å². The van der Waals surface area contributed by atoms with E-state index in [-0.39, 0.29) is 5.91 Å². The Labute approximate surface area is 114 Å². The quantitative estimate of drug-likeness (QED) is 0.855. The van der Waals surface area contributed by atoms with Crippen LogP contribution >= 0.6 is 0 Å². The van der Waals surface area contributed by atoms with E-state index in [1.54, 1.807) is 7.11 Å². The number of carbonyl (C=O) groups is 1. The lowest BCUT2D eigenvalue weighted by molar-refractivity contribution is -0.118. The normalized spacial score (nSPS) is 18.6. The van der Waals surface area contributed by atoms with Crippen LogP contribution in [0.5, 0.6) is 5.75 Å². The molecule has 0 saturated carbocycles. The van der Waals surface area contributed by atoms with Crippen molar-refractivity contribution in [1.82, 2.24) is 0 Å². The van der Waals surface area contributed by atoms with E-state index < -0.39 is 0 Å². The van der Waals surface area contributed by atoms with Crippen LogP contribution in [0.1, 0.15) is 25.7 Å². The van der Waals surface area contributed by atoms with Crippen LogP contribution in [0.3, 0.4) is 0 Å². The first kappa shape index (κ1) is 13.7. The van der Waals surface area contributed by atoms with Gasteiger partial charge in [0.05, 0.1) is 7.11 Å². The Morgan fingerprint density at radius 1 is 1.53 bits per heavy atom. The van der Waals surface area contributed by atoms with E-state index in [1.165, 1.54) is 12.1 Å². The van der Waals surface area contributed by atoms with E-state index in [0.717, 1.165) is 31.7 Å². The second-order valence-corrected chi connectivity index (χ2v) is 5.16. The number of carbonyl (C=O) groups excluding carboxylic acids is 1. The molecule has 0 unspecified atom stereocenters. The zero-order valence-corrected chi connectivity index (χ0v) is 11.5. The molecule has 104 valence electrons. The van der Waals surface area contributed by atoms with Gasteiger partial charge in [-0.3, -0.25) is 4.79 Å². The number of rotatable bonds is 6. The van der Waals surface area contributed by atoms with Crippen LogP contribution in [0, 0.1) is 5.92 Å². The van der Waals surface area contributed by atoms with Crippen LogP contribution < -0.4 is 15.4 Å². The van der Waals surface area contributed by atoms with E-state index in [0.29, 0.717) is 12.3 Å². The standard InChI is InChI=1S/C15H22N2O2/c1-19-14-6-3-5-13(10-14)17-9-8-12(11-17)4-2-7-15(16)18/h3,5-6,10,12H,2,4,7-9,11H2,1H3,(H2,16,18)/t12-/m0/s1. The van der Waals surface area contributed by atoms with Crippen molar-refractivity contribution >= 4 is 11.6 Å². The fourth-order valence-corrected chi connectivity index (χ4v) is 2.67. The maximum atomic E-state index is 10.7. The molecular formula is C15H22N2O2. The zero-order valence-electron chi connectivity index (χ0n) is 11.5. The van der Waals surface area contributed by atoms with Gasteiger partial charge in [0.2, 0.25) is 5.91 Å². The van der Waals surface area contributed by atoms with Gasteiger partial charge in [0.15, 0.2) is 0 Å². The van der Waals surface area contributed by atoms with Crippen LogP contribution in [0.15, 0.2) is 24.3 Å². The molecule has 1 fully saturated rings. The highest BCUT2D eigenvalue weighted by atomic mass is 16.5. The van der Waals surface area contributed by atoms with E-state index in [1.807, 2.05) is 12.1 Å². The number of benzene rings is 1. The molecule has 0 aromatic heterocycles. The van der Waals surface area contributed by atoms with E-state index in [9.17, 15) is 4.79 Å². The summed E-state index contributed by atoms with van der Waals surface area (Å²) in [6.45, 7) is 2.14. The first-order valence-corrected chi connectivity index (χ1v) is 6.86. The first-order chi connectivity index (χ1) is 9.19. The minimum absolute atomic E-state index is 0.192. The number of anilines is 1. The highest BCUT2D eigenvalue weighted by molar-refractivity contribution is 5.73. The summed E-state index contributed by atoms with van der Waals surface area (Å²) >= 11 is 0.